The molecule has 0 atom stereocenters. The smallest absolute Gasteiger partial charge is 0.101 e. The quantitative estimate of drug-likeness (QED) is 0.425. The van der Waals surface area contributed by atoms with E-state index >= 15 is 0 Å². The van der Waals surface area contributed by atoms with Gasteiger partial charge in [-0.2, -0.15) is 0 Å². The molecule has 0 bridgehead atoms. The molecule has 0 saturated heterocycles. The Labute approximate surface area is 55.8 Å². The first-order chi connectivity index (χ1) is 3.72. The third kappa shape index (κ3) is 2.07. The first-order valence-electron chi connectivity index (χ1n) is 2.57. The fraction of sp³-hybridized carbons (Fsp3) is 0.500. The molecule has 0 amide bonds. The van der Waals surface area contributed by atoms with E-state index in [1.807, 2.05) is 27.0 Å². The Kier molecular flexibility index (Phi) is 3.44. The van der Waals surface area contributed by atoms with Crippen molar-refractivity contribution in [3.05, 3.63) is 11.6 Å². The monoisotopic (exact) mass is 129 g/mol. The lowest BCUT2D eigenvalue weighted by Gasteiger charge is -1.98. The fourth-order valence-electron chi connectivity index (χ4n) is 0.328. The van der Waals surface area contributed by atoms with Crippen LogP contribution in [0.25, 0.3) is 0 Å². The lowest BCUT2D eigenvalue weighted by Crippen LogP contribution is -2.15. The molecule has 0 aliphatic carbocycles. The van der Waals surface area contributed by atoms with Gasteiger partial charge in [0.15, 0.2) is 0 Å². The van der Waals surface area contributed by atoms with Crippen molar-refractivity contribution in [1.82, 2.24) is 5.32 Å². The molecule has 0 aromatic carbocycles. The Morgan fingerprint density at radius 1 is 1.62 bits per heavy atom. The molecule has 1 nitrogen and oxygen atoms in total. The first kappa shape index (κ1) is 7.63. The maximum absolute atomic E-state index is 4.90. The van der Waals surface area contributed by atoms with Gasteiger partial charge in [-0.3, -0.25) is 0 Å². The molecular formula is C6H11NS. The largest absolute Gasteiger partial charge is 0.379 e. The summed E-state index contributed by atoms with van der Waals surface area (Å²) in [5, 5.41) is 2.88. The third-order valence-corrected chi connectivity index (χ3v) is 1.54. The lowest BCUT2D eigenvalue weighted by molar-refractivity contribution is 1.19. The van der Waals surface area contributed by atoms with Crippen molar-refractivity contribution in [2.24, 2.45) is 0 Å². The second-order valence-electron chi connectivity index (χ2n) is 1.55. The van der Waals surface area contributed by atoms with Gasteiger partial charge in [-0.15, -0.1) is 0 Å². The van der Waals surface area contributed by atoms with Gasteiger partial charge in [0.2, 0.25) is 0 Å². The zero-order valence-corrected chi connectivity index (χ0v) is 6.30. The fourth-order valence-corrected chi connectivity index (χ4v) is 0.446. The van der Waals surface area contributed by atoms with Gasteiger partial charge in [0.25, 0.3) is 0 Å². The molecule has 0 saturated carbocycles. The summed E-state index contributed by atoms with van der Waals surface area (Å²) in [6.45, 7) is 3.96. The van der Waals surface area contributed by atoms with Crippen LogP contribution >= 0.6 is 12.2 Å². The summed E-state index contributed by atoms with van der Waals surface area (Å²) in [5.74, 6) is 0. The molecule has 1 N–H and O–H groups in total. The van der Waals surface area contributed by atoms with Crippen molar-refractivity contribution in [3.8, 4) is 0 Å². The Hall–Kier alpha value is -0.370. The van der Waals surface area contributed by atoms with Gasteiger partial charge in [0, 0.05) is 7.05 Å². The minimum atomic E-state index is 0.826. The minimum absolute atomic E-state index is 0.826. The Morgan fingerprint density at radius 2 is 2.12 bits per heavy atom. The molecule has 0 heterocycles. The predicted octanol–water partition coefficient (Wildman–Crippen LogP) is 1.50. The second kappa shape index (κ2) is 3.61. The van der Waals surface area contributed by atoms with Crippen LogP contribution < -0.4 is 5.32 Å². The molecule has 46 valence electrons. The maximum Gasteiger partial charge on any atom is 0.101 e. The van der Waals surface area contributed by atoms with Crippen LogP contribution in [0.4, 0.5) is 0 Å². The summed E-state index contributed by atoms with van der Waals surface area (Å²) in [7, 11) is 1.83. The van der Waals surface area contributed by atoms with Crippen molar-refractivity contribution in [3.63, 3.8) is 0 Å². The Bertz CT molecular complexity index is 116. The summed E-state index contributed by atoms with van der Waals surface area (Å²) in [4.78, 5) is 0.826. The summed E-state index contributed by atoms with van der Waals surface area (Å²) >= 11 is 4.90. The molecule has 0 aliphatic rings. The molecule has 2 heteroatoms. The number of likely N-dealkylation sites (N-methyl/N-ethyl adjacent to an activating group) is 1. The van der Waals surface area contributed by atoms with Crippen LogP contribution in [0.2, 0.25) is 0 Å². The highest BCUT2D eigenvalue weighted by atomic mass is 32.1. The average Bonchev–Trinajstić information content (AvgIpc) is 1.84. The van der Waals surface area contributed by atoms with E-state index in [2.05, 4.69) is 5.32 Å². The van der Waals surface area contributed by atoms with Crippen LogP contribution in [0.15, 0.2) is 11.6 Å². The van der Waals surface area contributed by atoms with Gasteiger partial charge in [0.1, 0.15) is 4.99 Å². The zero-order valence-electron chi connectivity index (χ0n) is 5.49. The van der Waals surface area contributed by atoms with E-state index in [1.165, 1.54) is 0 Å². The summed E-state index contributed by atoms with van der Waals surface area (Å²) in [5.41, 5.74) is 1.13. The predicted molar refractivity (Wildman–Crippen MR) is 41.1 cm³/mol. The van der Waals surface area contributed by atoms with E-state index in [0.29, 0.717) is 0 Å². The van der Waals surface area contributed by atoms with E-state index in [0.717, 1.165) is 10.6 Å². The molecular weight excluding hydrogens is 118 g/mol. The Balaban J connectivity index is 3.83. The maximum atomic E-state index is 4.90. The molecule has 0 radical (unpaired) electrons. The molecule has 0 aromatic heterocycles. The van der Waals surface area contributed by atoms with E-state index in [4.69, 9.17) is 12.2 Å². The number of hydrogen-bond donors (Lipinski definition) is 1. The highest BCUT2D eigenvalue weighted by Crippen LogP contribution is 1.91. The lowest BCUT2D eigenvalue weighted by atomic mass is 10.3. The van der Waals surface area contributed by atoms with Crippen LogP contribution in [-0.2, 0) is 0 Å². The van der Waals surface area contributed by atoms with Gasteiger partial charge in [0.05, 0.1) is 0 Å². The van der Waals surface area contributed by atoms with E-state index in [9.17, 15) is 0 Å². The number of thiocarbonyl (C=S) groups is 1. The molecule has 0 fully saturated rings. The van der Waals surface area contributed by atoms with Gasteiger partial charge in [-0.1, -0.05) is 18.3 Å². The van der Waals surface area contributed by atoms with Gasteiger partial charge < -0.3 is 5.32 Å². The molecule has 0 unspecified atom stereocenters. The molecule has 0 aliphatic heterocycles. The molecule has 0 rings (SSSR count). The second-order valence-corrected chi connectivity index (χ2v) is 1.96. The summed E-state index contributed by atoms with van der Waals surface area (Å²) in [6.07, 6.45) is 1.98. The van der Waals surface area contributed by atoms with Crippen LogP contribution in [0.1, 0.15) is 13.8 Å². The first-order valence-corrected chi connectivity index (χ1v) is 2.98. The van der Waals surface area contributed by atoms with Crippen LogP contribution in [-0.4, -0.2) is 12.0 Å². The standard InChI is InChI=1S/C6H11NS/c1-4-5(2)6(8)7-3/h4H,1-3H3,(H,7,8)/b5-4+. The van der Waals surface area contributed by atoms with E-state index in [-0.39, 0.29) is 0 Å². The van der Waals surface area contributed by atoms with Crippen molar-refractivity contribution in [2.45, 2.75) is 13.8 Å². The Morgan fingerprint density at radius 3 is 2.25 bits per heavy atom. The van der Waals surface area contributed by atoms with Crippen LogP contribution in [0.3, 0.4) is 0 Å². The third-order valence-electron chi connectivity index (χ3n) is 1.02. The number of rotatable bonds is 1. The summed E-state index contributed by atoms with van der Waals surface area (Å²) < 4.78 is 0. The summed E-state index contributed by atoms with van der Waals surface area (Å²) in [6, 6.07) is 0. The van der Waals surface area contributed by atoms with Crippen molar-refractivity contribution >= 4 is 17.2 Å². The van der Waals surface area contributed by atoms with Crippen LogP contribution in [0, 0.1) is 0 Å². The van der Waals surface area contributed by atoms with E-state index in [1.54, 1.807) is 0 Å². The SMILES string of the molecule is C/C=C(\C)C(=S)NC. The molecule has 0 spiro atoms. The highest BCUT2D eigenvalue weighted by molar-refractivity contribution is 7.80. The van der Waals surface area contributed by atoms with Gasteiger partial charge in [-0.05, 0) is 19.4 Å². The van der Waals surface area contributed by atoms with Crippen molar-refractivity contribution < 1.29 is 0 Å². The number of hydrogen-bond acceptors (Lipinski definition) is 1. The normalized spacial score (nSPS) is 11.1. The van der Waals surface area contributed by atoms with Gasteiger partial charge >= 0.3 is 0 Å². The zero-order chi connectivity index (χ0) is 6.57. The number of nitrogens with one attached hydrogen (secondary N) is 1. The number of allylic oxidation sites excluding steroid dienone is 1. The van der Waals surface area contributed by atoms with Crippen molar-refractivity contribution in [1.29, 1.82) is 0 Å². The highest BCUT2D eigenvalue weighted by Gasteiger charge is 1.89. The molecule has 8 heavy (non-hydrogen) atoms. The minimum Gasteiger partial charge on any atom is -0.379 e. The average molecular weight is 129 g/mol. The van der Waals surface area contributed by atoms with E-state index < -0.39 is 0 Å². The van der Waals surface area contributed by atoms with Gasteiger partial charge in [-0.25, -0.2) is 0 Å². The topological polar surface area (TPSA) is 12.0 Å². The van der Waals surface area contributed by atoms with Crippen LogP contribution in [0.5, 0.6) is 0 Å². The molecule has 0 aromatic rings. The van der Waals surface area contributed by atoms with Crippen molar-refractivity contribution in [2.75, 3.05) is 7.05 Å².